The standard InChI is InChI=1S/C14H18BrN3O3/c15-12-1-2-13(19)11(9-12)10-16-17-14(20)3-4-18-5-7-21-8-6-18/h1-2,9-10,19H,3-8H2,(H,17,20)/p+1/b16-10+. The van der Waals surface area contributed by atoms with Crippen molar-refractivity contribution in [3.05, 3.63) is 28.2 Å². The molecule has 1 amide bonds. The highest BCUT2D eigenvalue weighted by atomic mass is 79.9. The van der Waals surface area contributed by atoms with E-state index in [4.69, 9.17) is 4.74 Å². The maximum absolute atomic E-state index is 11.7. The predicted molar refractivity (Wildman–Crippen MR) is 82.5 cm³/mol. The topological polar surface area (TPSA) is 75.4 Å². The van der Waals surface area contributed by atoms with Gasteiger partial charge in [-0.25, -0.2) is 5.43 Å². The fourth-order valence-corrected chi connectivity index (χ4v) is 2.44. The number of nitrogens with zero attached hydrogens (tertiary/aromatic N) is 1. The number of hydrogen-bond donors (Lipinski definition) is 3. The summed E-state index contributed by atoms with van der Waals surface area (Å²) in [6.45, 7) is 4.20. The summed E-state index contributed by atoms with van der Waals surface area (Å²) in [6, 6.07) is 5.02. The molecular weight excluding hydrogens is 338 g/mol. The van der Waals surface area contributed by atoms with E-state index in [1.807, 2.05) is 0 Å². The molecule has 0 aromatic heterocycles. The van der Waals surface area contributed by atoms with Crippen LogP contribution in [-0.4, -0.2) is 50.1 Å². The van der Waals surface area contributed by atoms with E-state index in [9.17, 15) is 9.90 Å². The summed E-state index contributed by atoms with van der Waals surface area (Å²) in [5, 5.41) is 13.5. The highest BCUT2D eigenvalue weighted by Gasteiger charge is 2.14. The molecule has 1 aliphatic heterocycles. The lowest BCUT2D eigenvalue weighted by atomic mass is 10.2. The second kappa shape index (κ2) is 8.11. The van der Waals surface area contributed by atoms with E-state index in [0.717, 1.165) is 37.3 Å². The van der Waals surface area contributed by atoms with E-state index in [2.05, 4.69) is 26.5 Å². The predicted octanol–water partition coefficient (Wildman–Crippen LogP) is -0.0900. The van der Waals surface area contributed by atoms with Gasteiger partial charge in [-0.15, -0.1) is 0 Å². The second-order valence-corrected chi connectivity index (χ2v) is 5.77. The van der Waals surface area contributed by atoms with Crippen LogP contribution in [-0.2, 0) is 9.53 Å². The average molecular weight is 357 g/mol. The third kappa shape index (κ3) is 5.45. The van der Waals surface area contributed by atoms with Crippen molar-refractivity contribution in [3.63, 3.8) is 0 Å². The lowest BCUT2D eigenvalue weighted by Crippen LogP contribution is -3.14. The van der Waals surface area contributed by atoms with E-state index < -0.39 is 0 Å². The van der Waals surface area contributed by atoms with Crippen molar-refractivity contribution in [2.24, 2.45) is 5.10 Å². The molecule has 7 heteroatoms. The van der Waals surface area contributed by atoms with Gasteiger partial charge in [-0.1, -0.05) is 15.9 Å². The number of quaternary nitrogens is 1. The molecule has 0 aliphatic carbocycles. The number of hydrazone groups is 1. The van der Waals surface area contributed by atoms with Gasteiger partial charge in [0.05, 0.1) is 32.4 Å². The molecule has 21 heavy (non-hydrogen) atoms. The van der Waals surface area contributed by atoms with Gasteiger partial charge in [-0.3, -0.25) is 4.79 Å². The van der Waals surface area contributed by atoms with Gasteiger partial charge >= 0.3 is 0 Å². The maximum Gasteiger partial charge on any atom is 0.245 e. The van der Waals surface area contributed by atoms with Crippen molar-refractivity contribution < 1.29 is 19.5 Å². The van der Waals surface area contributed by atoms with E-state index in [0.29, 0.717) is 12.0 Å². The molecule has 0 unspecified atom stereocenters. The zero-order valence-corrected chi connectivity index (χ0v) is 13.2. The van der Waals surface area contributed by atoms with Crippen LogP contribution >= 0.6 is 15.9 Å². The number of hydrogen-bond acceptors (Lipinski definition) is 4. The van der Waals surface area contributed by atoms with Crippen LogP contribution in [0.3, 0.4) is 0 Å². The van der Waals surface area contributed by atoms with Crippen molar-refractivity contribution in [3.8, 4) is 5.75 Å². The largest absolute Gasteiger partial charge is 0.507 e. The third-order valence-electron chi connectivity index (χ3n) is 3.29. The van der Waals surface area contributed by atoms with E-state index >= 15 is 0 Å². The number of amides is 1. The normalized spacial score (nSPS) is 16.2. The molecule has 2 rings (SSSR count). The van der Waals surface area contributed by atoms with Gasteiger partial charge in [0.1, 0.15) is 18.8 Å². The minimum Gasteiger partial charge on any atom is -0.507 e. The fourth-order valence-electron chi connectivity index (χ4n) is 2.06. The molecule has 3 N–H and O–H groups in total. The molecule has 1 aromatic rings. The minimum absolute atomic E-state index is 0.119. The molecule has 1 fully saturated rings. The van der Waals surface area contributed by atoms with Crippen LogP contribution in [0.15, 0.2) is 27.8 Å². The summed E-state index contributed by atoms with van der Waals surface area (Å²) in [7, 11) is 0. The lowest BCUT2D eigenvalue weighted by Gasteiger charge is -2.23. The van der Waals surface area contributed by atoms with Crippen LogP contribution < -0.4 is 10.3 Å². The number of carbonyl (C=O) groups is 1. The molecule has 0 saturated carbocycles. The lowest BCUT2D eigenvalue weighted by molar-refractivity contribution is -0.907. The fraction of sp³-hybridized carbons (Fsp3) is 0.429. The van der Waals surface area contributed by atoms with Crippen LogP contribution in [0.25, 0.3) is 0 Å². The second-order valence-electron chi connectivity index (χ2n) is 4.86. The Kier molecular flexibility index (Phi) is 6.16. The van der Waals surface area contributed by atoms with Crippen LogP contribution in [0.1, 0.15) is 12.0 Å². The number of aromatic hydroxyl groups is 1. The van der Waals surface area contributed by atoms with Gasteiger partial charge in [0, 0.05) is 10.0 Å². The number of phenolic OH excluding ortho intramolecular Hbond substituents is 1. The van der Waals surface area contributed by atoms with Gasteiger partial charge in [0.25, 0.3) is 0 Å². The van der Waals surface area contributed by atoms with Crippen LogP contribution in [0.4, 0.5) is 0 Å². The molecule has 0 bridgehead atoms. The van der Waals surface area contributed by atoms with Crippen molar-refractivity contribution in [1.82, 2.24) is 5.43 Å². The van der Waals surface area contributed by atoms with Gasteiger partial charge < -0.3 is 14.7 Å². The molecule has 0 atom stereocenters. The van der Waals surface area contributed by atoms with Crippen molar-refractivity contribution in [2.75, 3.05) is 32.8 Å². The number of morpholine rings is 1. The molecule has 6 nitrogen and oxygen atoms in total. The van der Waals surface area contributed by atoms with Crippen molar-refractivity contribution in [2.45, 2.75) is 6.42 Å². The van der Waals surface area contributed by atoms with Gasteiger partial charge in [-0.2, -0.15) is 5.10 Å². The van der Waals surface area contributed by atoms with Crippen molar-refractivity contribution in [1.29, 1.82) is 0 Å². The first-order valence-electron chi connectivity index (χ1n) is 6.87. The summed E-state index contributed by atoms with van der Waals surface area (Å²) in [5.41, 5.74) is 3.02. The highest BCUT2D eigenvalue weighted by Crippen LogP contribution is 2.19. The van der Waals surface area contributed by atoms with Crippen LogP contribution in [0.2, 0.25) is 0 Å². The van der Waals surface area contributed by atoms with Gasteiger partial charge in [0.2, 0.25) is 5.91 Å². The average Bonchev–Trinajstić information content (AvgIpc) is 2.50. The Hall–Kier alpha value is -1.44. The highest BCUT2D eigenvalue weighted by molar-refractivity contribution is 9.10. The summed E-state index contributed by atoms with van der Waals surface area (Å²) in [5.74, 6) is -0.00584. The van der Waals surface area contributed by atoms with Gasteiger partial charge in [0.15, 0.2) is 0 Å². The third-order valence-corrected chi connectivity index (χ3v) is 3.78. The minimum atomic E-state index is -0.125. The molecular formula is C14H19BrN3O3+. The Morgan fingerprint density at radius 3 is 3.00 bits per heavy atom. The van der Waals surface area contributed by atoms with Crippen LogP contribution in [0, 0.1) is 0 Å². The summed E-state index contributed by atoms with van der Waals surface area (Å²) < 4.78 is 6.11. The maximum atomic E-state index is 11.7. The number of phenols is 1. The summed E-state index contributed by atoms with van der Waals surface area (Å²) >= 11 is 3.31. The number of nitrogens with one attached hydrogen (secondary N) is 2. The molecule has 0 radical (unpaired) electrons. The summed E-state index contributed by atoms with van der Waals surface area (Å²) in [6.07, 6.45) is 1.86. The molecule has 1 heterocycles. The summed E-state index contributed by atoms with van der Waals surface area (Å²) in [4.78, 5) is 13.1. The molecule has 114 valence electrons. The Morgan fingerprint density at radius 1 is 1.48 bits per heavy atom. The van der Waals surface area contributed by atoms with E-state index in [-0.39, 0.29) is 11.7 Å². The molecule has 1 saturated heterocycles. The first kappa shape index (κ1) is 15.9. The SMILES string of the molecule is O=C(CC[NH+]1CCOCC1)N/N=C/c1cc(Br)ccc1O. The van der Waals surface area contributed by atoms with Crippen LogP contribution in [0.5, 0.6) is 5.75 Å². The zero-order valence-electron chi connectivity index (χ0n) is 11.6. The smallest absolute Gasteiger partial charge is 0.245 e. The number of carbonyl (C=O) groups excluding carboxylic acids is 1. The van der Waals surface area contributed by atoms with Gasteiger partial charge in [-0.05, 0) is 18.2 Å². The molecule has 1 aromatic carbocycles. The Labute approximate surface area is 131 Å². The number of benzene rings is 1. The number of rotatable bonds is 5. The first-order chi connectivity index (χ1) is 10.1. The Bertz CT molecular complexity index is 516. The molecule has 1 aliphatic rings. The monoisotopic (exact) mass is 356 g/mol. The Morgan fingerprint density at radius 2 is 2.24 bits per heavy atom. The quantitative estimate of drug-likeness (QED) is 0.509. The zero-order chi connectivity index (χ0) is 15.1. The first-order valence-corrected chi connectivity index (χ1v) is 7.66. The van der Waals surface area contributed by atoms with Crippen molar-refractivity contribution >= 4 is 28.1 Å². The number of ether oxygens (including phenoxy) is 1. The van der Waals surface area contributed by atoms with E-state index in [1.54, 1.807) is 18.2 Å². The van der Waals surface area contributed by atoms with E-state index in [1.165, 1.54) is 11.1 Å². The number of halogens is 1. The Balaban J connectivity index is 1.75. The molecule has 0 spiro atoms.